The third kappa shape index (κ3) is 8.04. The number of rotatable bonds is 15. The van der Waals surface area contributed by atoms with Gasteiger partial charge < -0.3 is 9.47 Å². The van der Waals surface area contributed by atoms with Crippen molar-refractivity contribution < 1.29 is 19.1 Å². The molecule has 1 aromatic rings. The normalized spacial score (nSPS) is 16.1. The highest BCUT2D eigenvalue weighted by Gasteiger charge is 2.33. The van der Waals surface area contributed by atoms with Crippen LogP contribution in [0.1, 0.15) is 91.7 Å². The number of hydrogen-bond donors (Lipinski definition) is 0. The Morgan fingerprint density at radius 2 is 1.51 bits per heavy atom. The molecule has 0 aromatic heterocycles. The second-order valence-corrected chi connectivity index (χ2v) is 10.4. The Morgan fingerprint density at radius 3 is 1.97 bits per heavy atom. The number of benzene rings is 1. The molecule has 2 rings (SSSR count). The van der Waals surface area contributed by atoms with Crippen LogP contribution < -0.4 is 9.47 Å². The van der Waals surface area contributed by atoms with Crippen LogP contribution in [0.5, 0.6) is 11.5 Å². The van der Waals surface area contributed by atoms with E-state index in [0.717, 1.165) is 77.3 Å². The van der Waals surface area contributed by atoms with Crippen LogP contribution in [-0.4, -0.2) is 43.8 Å². The van der Waals surface area contributed by atoms with Crippen LogP contribution in [0.4, 0.5) is 0 Å². The van der Waals surface area contributed by atoms with Gasteiger partial charge in [-0.3, -0.25) is 14.5 Å². The average Bonchev–Trinajstić information content (AvgIpc) is 2.91. The number of allylic oxidation sites excluding steroid dienone is 8. The average molecular weight is 536 g/mol. The Kier molecular flexibility index (Phi) is 12.9. The van der Waals surface area contributed by atoms with Crippen LogP contribution >= 0.6 is 0 Å². The molecule has 5 heteroatoms. The van der Waals surface area contributed by atoms with Crippen molar-refractivity contribution in [3.8, 4) is 11.5 Å². The summed E-state index contributed by atoms with van der Waals surface area (Å²) in [6.45, 7) is 16.6. The smallest absolute Gasteiger partial charge is 0.163 e. The predicted octanol–water partition coefficient (Wildman–Crippen LogP) is 7.90. The zero-order valence-electron chi connectivity index (χ0n) is 25.7. The van der Waals surface area contributed by atoms with Gasteiger partial charge in [0.15, 0.2) is 5.78 Å². The van der Waals surface area contributed by atoms with E-state index >= 15 is 0 Å². The van der Waals surface area contributed by atoms with Crippen molar-refractivity contribution in [1.29, 1.82) is 0 Å². The van der Waals surface area contributed by atoms with E-state index in [2.05, 4.69) is 37.8 Å². The van der Waals surface area contributed by atoms with Crippen molar-refractivity contribution in [3.63, 3.8) is 0 Å². The maximum Gasteiger partial charge on any atom is 0.163 e. The summed E-state index contributed by atoms with van der Waals surface area (Å²) in [4.78, 5) is 27.9. The molecule has 0 atom stereocenters. The number of carbonyl (C=O) groups excluding carboxylic acids is 2. The van der Waals surface area contributed by atoms with Crippen molar-refractivity contribution in [2.75, 3.05) is 27.3 Å². The van der Waals surface area contributed by atoms with Gasteiger partial charge in [0, 0.05) is 44.0 Å². The van der Waals surface area contributed by atoms with Crippen LogP contribution in [-0.2, 0) is 16.1 Å². The Bertz CT molecular complexity index is 1120. The molecule has 1 aromatic carbocycles. The number of ketones is 2. The molecule has 214 valence electrons. The van der Waals surface area contributed by atoms with E-state index in [1.807, 2.05) is 45.9 Å². The van der Waals surface area contributed by atoms with Crippen molar-refractivity contribution in [3.05, 3.63) is 63.8 Å². The number of nitrogens with zero attached hydrogens (tertiary/aromatic N) is 1. The minimum atomic E-state index is 0.132. The van der Waals surface area contributed by atoms with Crippen LogP contribution in [0.2, 0.25) is 0 Å². The fraction of sp³-hybridized carbons (Fsp3) is 0.529. The van der Waals surface area contributed by atoms with Gasteiger partial charge >= 0.3 is 0 Å². The van der Waals surface area contributed by atoms with E-state index in [1.165, 1.54) is 5.57 Å². The number of likely N-dealkylation sites (tertiary alicyclic amines) is 1. The molecule has 1 aliphatic heterocycles. The summed E-state index contributed by atoms with van der Waals surface area (Å²) in [6, 6.07) is 4.08. The molecule has 0 spiro atoms. The van der Waals surface area contributed by atoms with Crippen molar-refractivity contribution in [1.82, 2.24) is 4.90 Å². The fourth-order valence-corrected chi connectivity index (χ4v) is 5.09. The number of ether oxygens (including phenoxy) is 2. The van der Waals surface area contributed by atoms with E-state index in [4.69, 9.17) is 9.47 Å². The highest BCUT2D eigenvalue weighted by molar-refractivity contribution is 6.06. The molecule has 0 amide bonds. The highest BCUT2D eigenvalue weighted by atomic mass is 16.5. The molecule has 0 unspecified atom stereocenters. The molecule has 1 fully saturated rings. The lowest BCUT2D eigenvalue weighted by molar-refractivity contribution is -0.128. The lowest BCUT2D eigenvalue weighted by Gasteiger charge is -2.38. The van der Waals surface area contributed by atoms with Gasteiger partial charge in [0.2, 0.25) is 0 Å². The lowest BCUT2D eigenvalue weighted by atomic mass is 9.86. The molecule has 0 N–H and O–H groups in total. The lowest BCUT2D eigenvalue weighted by Crippen LogP contribution is -2.49. The van der Waals surface area contributed by atoms with Crippen molar-refractivity contribution in [2.45, 2.75) is 87.1 Å². The quantitative estimate of drug-likeness (QED) is 0.169. The molecule has 0 radical (unpaired) electrons. The largest absolute Gasteiger partial charge is 0.496 e. The third-order valence-corrected chi connectivity index (χ3v) is 7.71. The minimum Gasteiger partial charge on any atom is -0.496 e. The summed E-state index contributed by atoms with van der Waals surface area (Å²) in [7, 11) is 3.35. The molecular weight excluding hydrogens is 486 g/mol. The summed E-state index contributed by atoms with van der Waals surface area (Å²) < 4.78 is 11.7. The van der Waals surface area contributed by atoms with Crippen LogP contribution in [0.3, 0.4) is 0 Å². The maximum absolute atomic E-state index is 13.4. The van der Waals surface area contributed by atoms with Gasteiger partial charge in [-0.2, -0.15) is 0 Å². The molecule has 39 heavy (non-hydrogen) atoms. The standard InChI is InChI=1S/C34H49NO4/c1-10-15-31(36)26-20-35(21-26)22-30-33(38-8)18-25(19-34(30)39-9)27(13-4)28(14-5)29(32(37)16-11-2)17-24(7)23(6)12-3/h13-14,17-19,26H,10-12,15-16,20-22H2,1-9H3/b24-23+,27-13-,28-14-,29-17+. The molecule has 1 aliphatic rings. The summed E-state index contributed by atoms with van der Waals surface area (Å²) >= 11 is 0. The topological polar surface area (TPSA) is 55.8 Å². The monoisotopic (exact) mass is 535 g/mol. The fourth-order valence-electron chi connectivity index (χ4n) is 5.09. The first-order chi connectivity index (χ1) is 18.7. The molecule has 0 saturated carbocycles. The molecular formula is C34H49NO4. The second kappa shape index (κ2) is 15.6. The first kappa shape index (κ1) is 32.3. The zero-order chi connectivity index (χ0) is 29.1. The molecule has 0 aliphatic carbocycles. The summed E-state index contributed by atoms with van der Waals surface area (Å²) in [5.41, 5.74) is 6.92. The molecule has 1 saturated heterocycles. The van der Waals surface area contributed by atoms with Gasteiger partial charge in [-0.25, -0.2) is 0 Å². The van der Waals surface area contributed by atoms with Crippen molar-refractivity contribution >= 4 is 17.1 Å². The Morgan fingerprint density at radius 1 is 0.923 bits per heavy atom. The van der Waals surface area contributed by atoms with E-state index < -0.39 is 0 Å². The predicted molar refractivity (Wildman–Crippen MR) is 162 cm³/mol. The van der Waals surface area contributed by atoms with E-state index in [1.54, 1.807) is 14.2 Å². The number of carbonyl (C=O) groups is 2. The first-order valence-electron chi connectivity index (χ1n) is 14.4. The van der Waals surface area contributed by atoms with Gasteiger partial charge in [-0.15, -0.1) is 0 Å². The van der Waals surface area contributed by atoms with Gasteiger partial charge in [-0.1, -0.05) is 44.1 Å². The number of Topliss-reactive ketones (excluding diaryl/α,β-unsaturated/α-hetero) is 2. The Balaban J connectivity index is 2.50. The van der Waals surface area contributed by atoms with Crippen LogP contribution in [0, 0.1) is 5.92 Å². The minimum absolute atomic E-state index is 0.132. The van der Waals surface area contributed by atoms with Crippen LogP contribution in [0.15, 0.2) is 52.7 Å². The van der Waals surface area contributed by atoms with E-state index in [9.17, 15) is 9.59 Å². The van der Waals surface area contributed by atoms with E-state index in [0.29, 0.717) is 25.2 Å². The Labute approximate surface area is 236 Å². The van der Waals surface area contributed by atoms with Gasteiger partial charge in [-0.05, 0) is 81.9 Å². The molecule has 5 nitrogen and oxygen atoms in total. The van der Waals surface area contributed by atoms with Crippen molar-refractivity contribution in [2.24, 2.45) is 5.92 Å². The number of hydrogen-bond acceptors (Lipinski definition) is 5. The summed E-state index contributed by atoms with van der Waals surface area (Å²) in [6.07, 6.45) is 9.94. The van der Waals surface area contributed by atoms with Gasteiger partial charge in [0.05, 0.1) is 19.8 Å². The third-order valence-electron chi connectivity index (χ3n) is 7.71. The molecule has 1 heterocycles. The van der Waals surface area contributed by atoms with Gasteiger partial charge in [0.25, 0.3) is 0 Å². The van der Waals surface area contributed by atoms with Gasteiger partial charge in [0.1, 0.15) is 17.3 Å². The maximum atomic E-state index is 13.4. The van der Waals surface area contributed by atoms with Crippen LogP contribution in [0.25, 0.3) is 5.57 Å². The highest BCUT2D eigenvalue weighted by Crippen LogP contribution is 2.39. The summed E-state index contributed by atoms with van der Waals surface area (Å²) in [5.74, 6) is 2.12. The Hall–Kier alpha value is -2.92. The first-order valence-corrected chi connectivity index (χ1v) is 14.4. The molecule has 0 bridgehead atoms. The SMILES string of the molecule is C/C=C(C(=C\C)/c1cc(OC)c(CN2CC(C(=O)CCC)C2)c(OC)c1)\C(=C/C(C)=C(\C)CC)C(=O)CCC. The zero-order valence-corrected chi connectivity index (χ0v) is 25.7. The number of methoxy groups -OCH3 is 2. The summed E-state index contributed by atoms with van der Waals surface area (Å²) in [5, 5.41) is 0. The second-order valence-electron chi connectivity index (χ2n) is 10.4. The van der Waals surface area contributed by atoms with E-state index in [-0.39, 0.29) is 11.7 Å².